The summed E-state index contributed by atoms with van der Waals surface area (Å²) in [4.78, 5) is 15.3. The van der Waals surface area contributed by atoms with Gasteiger partial charge in [0.2, 0.25) is 5.76 Å². The lowest BCUT2D eigenvalue weighted by Crippen LogP contribution is -2.10. The van der Waals surface area contributed by atoms with E-state index in [1.807, 2.05) is 0 Å². The summed E-state index contributed by atoms with van der Waals surface area (Å²) in [6, 6.07) is 1.61. The highest BCUT2D eigenvalue weighted by molar-refractivity contribution is 6.01. The van der Waals surface area contributed by atoms with Crippen molar-refractivity contribution in [3.63, 3.8) is 0 Å². The van der Waals surface area contributed by atoms with E-state index in [1.165, 1.54) is 6.20 Å². The van der Waals surface area contributed by atoms with Crippen LogP contribution in [0, 0.1) is 13.8 Å². The van der Waals surface area contributed by atoms with Crippen LogP contribution in [0.25, 0.3) is 0 Å². The predicted octanol–water partition coefficient (Wildman–Crippen LogP) is 1.53. The molecule has 0 fully saturated rings. The SMILES string of the molecule is Cc1cc(NC(=O)c2cnc(C)o2)no1. The summed E-state index contributed by atoms with van der Waals surface area (Å²) >= 11 is 0. The van der Waals surface area contributed by atoms with E-state index in [-0.39, 0.29) is 5.76 Å². The van der Waals surface area contributed by atoms with Crippen LogP contribution in [0.4, 0.5) is 5.82 Å². The number of amides is 1. The molecule has 6 heteroatoms. The van der Waals surface area contributed by atoms with E-state index < -0.39 is 5.91 Å². The first-order valence-corrected chi connectivity index (χ1v) is 4.32. The summed E-state index contributed by atoms with van der Waals surface area (Å²) in [5, 5.41) is 6.13. The third-order valence-corrected chi connectivity index (χ3v) is 1.71. The molecule has 1 amide bonds. The second kappa shape index (κ2) is 3.56. The molecule has 0 radical (unpaired) electrons. The van der Waals surface area contributed by atoms with Gasteiger partial charge in [-0.1, -0.05) is 5.16 Å². The molecule has 15 heavy (non-hydrogen) atoms. The first kappa shape index (κ1) is 9.45. The number of aromatic nitrogens is 2. The minimum atomic E-state index is -0.399. The topological polar surface area (TPSA) is 81.2 Å². The van der Waals surface area contributed by atoms with E-state index in [4.69, 9.17) is 8.94 Å². The fourth-order valence-electron chi connectivity index (χ4n) is 1.07. The Morgan fingerprint density at radius 3 is 2.80 bits per heavy atom. The van der Waals surface area contributed by atoms with Crippen molar-refractivity contribution in [2.75, 3.05) is 5.32 Å². The normalized spacial score (nSPS) is 10.3. The smallest absolute Gasteiger partial charge is 0.294 e. The molecule has 2 aromatic rings. The first-order valence-electron chi connectivity index (χ1n) is 4.32. The molecule has 0 aliphatic heterocycles. The minimum absolute atomic E-state index is 0.146. The van der Waals surface area contributed by atoms with Crippen LogP contribution >= 0.6 is 0 Å². The van der Waals surface area contributed by atoms with Crippen LogP contribution in [-0.2, 0) is 0 Å². The Morgan fingerprint density at radius 2 is 2.27 bits per heavy atom. The minimum Gasteiger partial charge on any atom is -0.436 e. The Kier molecular flexibility index (Phi) is 2.24. The van der Waals surface area contributed by atoms with Crippen LogP contribution in [0.15, 0.2) is 21.2 Å². The highest BCUT2D eigenvalue weighted by Gasteiger charge is 2.12. The Labute approximate surface area is 85.3 Å². The molecule has 0 aliphatic carbocycles. The number of aryl methyl sites for hydroxylation is 2. The molecule has 0 saturated carbocycles. The van der Waals surface area contributed by atoms with E-state index in [0.717, 1.165) is 0 Å². The quantitative estimate of drug-likeness (QED) is 0.807. The zero-order valence-electron chi connectivity index (χ0n) is 8.27. The molecular weight excluding hydrogens is 198 g/mol. The molecule has 2 rings (SSSR count). The second-order valence-corrected chi connectivity index (χ2v) is 3.02. The van der Waals surface area contributed by atoms with Crippen molar-refractivity contribution < 1.29 is 13.7 Å². The standard InChI is InChI=1S/C9H9N3O3/c1-5-3-8(12-15-5)11-9(13)7-4-10-6(2)14-7/h3-4H,1-2H3,(H,11,12,13). The number of anilines is 1. The maximum atomic E-state index is 11.5. The lowest BCUT2D eigenvalue weighted by atomic mass is 10.4. The molecule has 6 nitrogen and oxygen atoms in total. The van der Waals surface area contributed by atoms with Crippen LogP contribution in [0.5, 0.6) is 0 Å². The van der Waals surface area contributed by atoms with Gasteiger partial charge in [-0.3, -0.25) is 4.79 Å². The Morgan fingerprint density at radius 1 is 1.47 bits per heavy atom. The summed E-state index contributed by atoms with van der Waals surface area (Å²) < 4.78 is 9.84. The molecular formula is C9H9N3O3. The molecule has 0 unspecified atom stereocenters. The van der Waals surface area contributed by atoms with Crippen molar-refractivity contribution in [1.82, 2.24) is 10.1 Å². The molecule has 0 atom stereocenters. The van der Waals surface area contributed by atoms with E-state index >= 15 is 0 Å². The highest BCUT2D eigenvalue weighted by Crippen LogP contribution is 2.10. The molecule has 1 N–H and O–H groups in total. The molecule has 2 heterocycles. The van der Waals surface area contributed by atoms with Crippen molar-refractivity contribution in [2.24, 2.45) is 0 Å². The van der Waals surface area contributed by atoms with E-state index in [9.17, 15) is 4.79 Å². The Bertz CT molecular complexity index is 486. The van der Waals surface area contributed by atoms with Gasteiger partial charge in [0.1, 0.15) is 5.76 Å². The largest absolute Gasteiger partial charge is 0.436 e. The third kappa shape index (κ3) is 2.04. The fraction of sp³-hybridized carbons (Fsp3) is 0.222. The van der Waals surface area contributed by atoms with Gasteiger partial charge in [-0.2, -0.15) is 0 Å². The van der Waals surface area contributed by atoms with Gasteiger partial charge >= 0.3 is 0 Å². The van der Waals surface area contributed by atoms with Crippen LogP contribution in [-0.4, -0.2) is 16.0 Å². The summed E-state index contributed by atoms with van der Waals surface area (Å²) in [5.41, 5.74) is 0. The van der Waals surface area contributed by atoms with Gasteiger partial charge in [-0.25, -0.2) is 4.98 Å². The monoisotopic (exact) mass is 207 g/mol. The summed E-state index contributed by atoms with van der Waals surface area (Å²) in [5.74, 6) is 1.17. The van der Waals surface area contributed by atoms with Crippen LogP contribution in [0.2, 0.25) is 0 Å². The van der Waals surface area contributed by atoms with Gasteiger partial charge in [-0.15, -0.1) is 0 Å². The number of carbonyl (C=O) groups is 1. The average molecular weight is 207 g/mol. The first-order chi connectivity index (χ1) is 7.15. The van der Waals surface area contributed by atoms with Gasteiger partial charge in [-0.05, 0) is 6.92 Å². The van der Waals surface area contributed by atoms with Crippen LogP contribution < -0.4 is 5.32 Å². The number of nitrogens with zero attached hydrogens (tertiary/aromatic N) is 2. The maximum Gasteiger partial charge on any atom is 0.294 e. The van der Waals surface area contributed by atoms with Crippen molar-refractivity contribution in [3.8, 4) is 0 Å². The zero-order chi connectivity index (χ0) is 10.8. The van der Waals surface area contributed by atoms with E-state index in [0.29, 0.717) is 17.5 Å². The van der Waals surface area contributed by atoms with Gasteiger partial charge in [0.25, 0.3) is 5.91 Å². The highest BCUT2D eigenvalue weighted by atomic mass is 16.5. The Hall–Kier alpha value is -2.11. The number of hydrogen-bond donors (Lipinski definition) is 1. The molecule has 0 aliphatic rings. The Balaban J connectivity index is 2.10. The molecule has 78 valence electrons. The van der Waals surface area contributed by atoms with Crippen molar-refractivity contribution in [3.05, 3.63) is 29.7 Å². The molecule has 2 aromatic heterocycles. The van der Waals surface area contributed by atoms with Gasteiger partial charge in [0.15, 0.2) is 11.7 Å². The molecule has 0 bridgehead atoms. The predicted molar refractivity (Wildman–Crippen MR) is 50.4 cm³/mol. The zero-order valence-corrected chi connectivity index (χ0v) is 8.27. The summed E-state index contributed by atoms with van der Waals surface area (Å²) in [6.45, 7) is 3.40. The van der Waals surface area contributed by atoms with Crippen molar-refractivity contribution in [1.29, 1.82) is 0 Å². The van der Waals surface area contributed by atoms with E-state index in [1.54, 1.807) is 19.9 Å². The lowest BCUT2D eigenvalue weighted by Gasteiger charge is -1.95. The summed E-state index contributed by atoms with van der Waals surface area (Å²) in [7, 11) is 0. The van der Waals surface area contributed by atoms with Crippen LogP contribution in [0.3, 0.4) is 0 Å². The maximum absolute atomic E-state index is 11.5. The molecule has 0 spiro atoms. The molecule has 0 saturated heterocycles. The number of hydrogen-bond acceptors (Lipinski definition) is 5. The number of nitrogens with one attached hydrogen (secondary N) is 1. The number of rotatable bonds is 2. The van der Waals surface area contributed by atoms with Gasteiger partial charge < -0.3 is 14.3 Å². The van der Waals surface area contributed by atoms with Crippen molar-refractivity contribution in [2.45, 2.75) is 13.8 Å². The second-order valence-electron chi connectivity index (χ2n) is 3.02. The van der Waals surface area contributed by atoms with Crippen LogP contribution in [0.1, 0.15) is 22.2 Å². The lowest BCUT2D eigenvalue weighted by molar-refractivity contribution is 0.0994. The van der Waals surface area contributed by atoms with Gasteiger partial charge in [0.05, 0.1) is 6.20 Å². The number of carbonyl (C=O) groups excluding carboxylic acids is 1. The number of oxazole rings is 1. The van der Waals surface area contributed by atoms with Gasteiger partial charge in [0, 0.05) is 13.0 Å². The third-order valence-electron chi connectivity index (χ3n) is 1.71. The van der Waals surface area contributed by atoms with Crippen molar-refractivity contribution >= 4 is 11.7 Å². The van der Waals surface area contributed by atoms with E-state index in [2.05, 4.69) is 15.5 Å². The fourth-order valence-corrected chi connectivity index (χ4v) is 1.07. The average Bonchev–Trinajstić information content (AvgIpc) is 2.75. The molecule has 0 aromatic carbocycles. The summed E-state index contributed by atoms with van der Waals surface area (Å²) in [6.07, 6.45) is 1.36.